The van der Waals surface area contributed by atoms with E-state index >= 15 is 0 Å². The summed E-state index contributed by atoms with van der Waals surface area (Å²) in [6, 6.07) is 7.86. The molecule has 0 bridgehead atoms. The van der Waals surface area contributed by atoms with E-state index in [1.54, 1.807) is 4.90 Å². The Morgan fingerprint density at radius 1 is 1.08 bits per heavy atom. The summed E-state index contributed by atoms with van der Waals surface area (Å²) in [6.07, 6.45) is 4.25. The topological polar surface area (TPSA) is 40.6 Å². The van der Waals surface area contributed by atoms with Crippen LogP contribution in [-0.4, -0.2) is 35.8 Å². The normalized spacial score (nSPS) is 22.5. The van der Waals surface area contributed by atoms with E-state index in [9.17, 15) is 9.59 Å². The lowest BCUT2D eigenvalue weighted by molar-refractivity contribution is -0.143. The van der Waals surface area contributed by atoms with Crippen LogP contribution in [0.15, 0.2) is 24.3 Å². The van der Waals surface area contributed by atoms with Crippen LogP contribution in [0.5, 0.6) is 0 Å². The number of rotatable bonds is 3. The molecule has 1 unspecified atom stereocenters. The molecule has 4 nitrogen and oxygen atoms in total. The maximum absolute atomic E-state index is 12.8. The molecular formula is C20H28N2O2. The zero-order chi connectivity index (χ0) is 17.3. The average Bonchev–Trinajstić information content (AvgIpc) is 3.11. The van der Waals surface area contributed by atoms with Gasteiger partial charge in [-0.3, -0.25) is 9.59 Å². The van der Waals surface area contributed by atoms with Gasteiger partial charge in [-0.2, -0.15) is 0 Å². The number of carbonyl (C=O) groups is 2. The Bertz CT molecular complexity index is 603. The Balaban J connectivity index is 1.71. The zero-order valence-electron chi connectivity index (χ0n) is 15.0. The van der Waals surface area contributed by atoms with Crippen LogP contribution < -0.4 is 4.90 Å². The molecule has 1 saturated heterocycles. The first-order chi connectivity index (χ1) is 11.5. The van der Waals surface area contributed by atoms with Crippen LogP contribution in [-0.2, 0) is 9.59 Å². The summed E-state index contributed by atoms with van der Waals surface area (Å²) < 4.78 is 0. The van der Waals surface area contributed by atoms with Gasteiger partial charge in [0.1, 0.15) is 6.04 Å². The second-order valence-corrected chi connectivity index (χ2v) is 7.43. The van der Waals surface area contributed by atoms with E-state index in [-0.39, 0.29) is 23.8 Å². The third kappa shape index (κ3) is 3.19. The fraction of sp³-hybridized carbons (Fsp3) is 0.600. The minimum atomic E-state index is -0.364. The Kier molecular flexibility index (Phi) is 4.93. The molecule has 0 spiro atoms. The van der Waals surface area contributed by atoms with Crippen molar-refractivity contribution >= 4 is 17.5 Å². The van der Waals surface area contributed by atoms with Crippen LogP contribution in [0.1, 0.15) is 57.9 Å². The van der Waals surface area contributed by atoms with Gasteiger partial charge in [0, 0.05) is 24.7 Å². The molecule has 2 aliphatic rings. The quantitative estimate of drug-likeness (QED) is 0.851. The minimum absolute atomic E-state index is 0.0323. The number of nitrogens with zero attached hydrogens (tertiary/aromatic N) is 2. The van der Waals surface area contributed by atoms with Gasteiger partial charge >= 0.3 is 0 Å². The summed E-state index contributed by atoms with van der Waals surface area (Å²) in [5, 5.41) is 0. The summed E-state index contributed by atoms with van der Waals surface area (Å²) >= 11 is 0. The Morgan fingerprint density at radius 3 is 2.29 bits per heavy atom. The van der Waals surface area contributed by atoms with Crippen LogP contribution in [0.3, 0.4) is 0 Å². The van der Waals surface area contributed by atoms with Gasteiger partial charge in [-0.25, -0.2) is 0 Å². The van der Waals surface area contributed by atoms with E-state index in [4.69, 9.17) is 0 Å². The van der Waals surface area contributed by atoms with Crippen molar-refractivity contribution in [3.05, 3.63) is 29.8 Å². The summed E-state index contributed by atoms with van der Waals surface area (Å²) in [7, 11) is 0. The predicted octanol–water partition coefficient (Wildman–Crippen LogP) is 3.56. The molecule has 1 saturated carbocycles. The van der Waals surface area contributed by atoms with Crippen LogP contribution in [0.4, 0.5) is 5.69 Å². The predicted molar refractivity (Wildman–Crippen MR) is 96.0 cm³/mol. The van der Waals surface area contributed by atoms with Crippen molar-refractivity contribution in [2.75, 3.05) is 18.0 Å². The van der Waals surface area contributed by atoms with E-state index in [0.717, 1.165) is 31.4 Å². The van der Waals surface area contributed by atoms with Gasteiger partial charge in [0.05, 0.1) is 0 Å². The van der Waals surface area contributed by atoms with E-state index in [1.807, 2.05) is 24.0 Å². The third-order valence-electron chi connectivity index (χ3n) is 5.51. The first-order valence-electron chi connectivity index (χ1n) is 9.21. The molecule has 4 heteroatoms. The molecule has 2 fully saturated rings. The standard InChI is InChI=1S/C20H28N2O2/c1-14(2)16-8-10-18(11-9-16)22-13-12-21(15(3)19(22)23)20(24)17-6-4-5-7-17/h8-11,14-15,17H,4-7,12-13H2,1-3H3. The molecule has 1 aromatic rings. The minimum Gasteiger partial charge on any atom is -0.329 e. The van der Waals surface area contributed by atoms with Crippen molar-refractivity contribution in [3.8, 4) is 0 Å². The Labute approximate surface area is 144 Å². The second kappa shape index (κ2) is 6.96. The first-order valence-corrected chi connectivity index (χ1v) is 9.21. The molecule has 1 heterocycles. The Morgan fingerprint density at radius 2 is 1.71 bits per heavy atom. The molecule has 24 heavy (non-hydrogen) atoms. The highest BCUT2D eigenvalue weighted by Gasteiger charge is 2.38. The Hall–Kier alpha value is -1.84. The molecule has 0 N–H and O–H groups in total. The number of anilines is 1. The summed E-state index contributed by atoms with van der Waals surface area (Å²) in [5.41, 5.74) is 2.21. The van der Waals surface area contributed by atoms with Gasteiger partial charge in [0.2, 0.25) is 11.8 Å². The molecule has 1 aliphatic heterocycles. The van der Waals surface area contributed by atoms with Crippen molar-refractivity contribution in [2.24, 2.45) is 5.92 Å². The second-order valence-electron chi connectivity index (χ2n) is 7.43. The molecule has 130 valence electrons. The monoisotopic (exact) mass is 328 g/mol. The molecule has 0 aromatic heterocycles. The highest BCUT2D eigenvalue weighted by Crippen LogP contribution is 2.29. The number of amides is 2. The lowest BCUT2D eigenvalue weighted by atomic mass is 10.0. The van der Waals surface area contributed by atoms with Crippen molar-refractivity contribution < 1.29 is 9.59 Å². The van der Waals surface area contributed by atoms with Gasteiger partial charge < -0.3 is 9.80 Å². The summed E-state index contributed by atoms with van der Waals surface area (Å²) in [6.45, 7) is 7.41. The van der Waals surface area contributed by atoms with Crippen molar-refractivity contribution in [3.63, 3.8) is 0 Å². The van der Waals surface area contributed by atoms with Crippen LogP contribution in [0, 0.1) is 5.92 Å². The van der Waals surface area contributed by atoms with E-state index in [0.29, 0.717) is 19.0 Å². The van der Waals surface area contributed by atoms with Crippen LogP contribution in [0.2, 0.25) is 0 Å². The SMILES string of the molecule is CC(C)c1ccc(N2CCN(C(=O)C3CCCC3)C(C)C2=O)cc1. The van der Waals surface area contributed by atoms with Gasteiger partial charge in [-0.15, -0.1) is 0 Å². The van der Waals surface area contributed by atoms with Gasteiger partial charge in [-0.05, 0) is 43.4 Å². The number of benzene rings is 1. The fourth-order valence-corrected chi connectivity index (χ4v) is 3.87. The number of hydrogen-bond acceptors (Lipinski definition) is 2. The van der Waals surface area contributed by atoms with E-state index in [1.165, 1.54) is 5.56 Å². The third-order valence-corrected chi connectivity index (χ3v) is 5.51. The lowest BCUT2D eigenvalue weighted by Crippen LogP contribution is -2.58. The molecule has 1 aromatic carbocycles. The maximum Gasteiger partial charge on any atom is 0.249 e. The number of hydrogen-bond donors (Lipinski definition) is 0. The molecule has 1 atom stereocenters. The molecular weight excluding hydrogens is 300 g/mol. The summed E-state index contributed by atoms with van der Waals surface area (Å²) in [5.74, 6) is 0.833. The molecule has 3 rings (SSSR count). The number of carbonyl (C=O) groups excluding carboxylic acids is 2. The van der Waals surface area contributed by atoms with Crippen LogP contribution >= 0.6 is 0 Å². The smallest absolute Gasteiger partial charge is 0.249 e. The van der Waals surface area contributed by atoms with Crippen molar-refractivity contribution in [1.82, 2.24) is 4.90 Å². The van der Waals surface area contributed by atoms with Gasteiger partial charge in [0.25, 0.3) is 0 Å². The fourth-order valence-electron chi connectivity index (χ4n) is 3.87. The number of piperazine rings is 1. The molecule has 0 radical (unpaired) electrons. The average molecular weight is 328 g/mol. The maximum atomic E-state index is 12.8. The lowest BCUT2D eigenvalue weighted by Gasteiger charge is -2.40. The van der Waals surface area contributed by atoms with Crippen LogP contribution in [0.25, 0.3) is 0 Å². The highest BCUT2D eigenvalue weighted by molar-refractivity contribution is 6.00. The van der Waals surface area contributed by atoms with Crippen molar-refractivity contribution in [1.29, 1.82) is 0 Å². The molecule has 1 aliphatic carbocycles. The van der Waals surface area contributed by atoms with Gasteiger partial charge in [-0.1, -0.05) is 38.8 Å². The molecule has 2 amide bonds. The first kappa shape index (κ1) is 17.0. The summed E-state index contributed by atoms with van der Waals surface area (Å²) in [4.78, 5) is 29.1. The van der Waals surface area contributed by atoms with E-state index in [2.05, 4.69) is 26.0 Å². The zero-order valence-corrected chi connectivity index (χ0v) is 15.0. The van der Waals surface area contributed by atoms with Gasteiger partial charge in [0.15, 0.2) is 0 Å². The largest absolute Gasteiger partial charge is 0.329 e. The van der Waals surface area contributed by atoms with E-state index < -0.39 is 0 Å². The van der Waals surface area contributed by atoms with Crippen molar-refractivity contribution in [2.45, 2.75) is 58.4 Å². The highest BCUT2D eigenvalue weighted by atomic mass is 16.2.